The maximum Gasteiger partial charge on any atom is 0.344 e. The van der Waals surface area contributed by atoms with Crippen LogP contribution in [0.15, 0.2) is 65.5 Å². The second-order valence-corrected chi connectivity index (χ2v) is 6.73. The topological polar surface area (TPSA) is 87.5 Å². The minimum atomic E-state index is -1.02. The summed E-state index contributed by atoms with van der Waals surface area (Å²) in [7, 11) is 0. The van der Waals surface area contributed by atoms with Crippen LogP contribution in [-0.2, 0) is 14.3 Å². The third-order valence-electron chi connectivity index (χ3n) is 4.70. The lowest BCUT2D eigenvalue weighted by Gasteiger charge is -2.19. The molecular weight excluding hydrogens is 396 g/mol. The number of esters is 2. The Kier molecular flexibility index (Phi) is 6.97. The molecule has 1 atom stereocenters. The lowest BCUT2D eigenvalue weighted by atomic mass is 9.95. The molecule has 0 N–H and O–H groups in total. The summed E-state index contributed by atoms with van der Waals surface area (Å²) in [6.07, 6.45) is 0. The first kappa shape index (κ1) is 22.0. The van der Waals surface area contributed by atoms with Crippen molar-refractivity contribution in [1.29, 1.82) is 0 Å². The molecule has 3 rings (SSSR count). The molecule has 31 heavy (non-hydrogen) atoms. The third-order valence-corrected chi connectivity index (χ3v) is 4.70. The molecule has 1 heterocycles. The van der Waals surface area contributed by atoms with Crippen LogP contribution in [-0.4, -0.2) is 34.9 Å². The van der Waals surface area contributed by atoms with Gasteiger partial charge in [-0.15, -0.1) is 0 Å². The molecule has 0 aliphatic carbocycles. The third kappa shape index (κ3) is 4.55. The van der Waals surface area contributed by atoms with Crippen LogP contribution in [0.4, 0.5) is 0 Å². The van der Waals surface area contributed by atoms with E-state index in [-0.39, 0.29) is 18.8 Å². The molecule has 0 fully saturated rings. The predicted molar refractivity (Wildman–Crippen MR) is 117 cm³/mol. The van der Waals surface area contributed by atoms with E-state index in [1.807, 2.05) is 48.5 Å². The molecule has 0 aliphatic heterocycles. The first-order valence-corrected chi connectivity index (χ1v) is 10.1. The van der Waals surface area contributed by atoms with Crippen molar-refractivity contribution in [3.63, 3.8) is 0 Å². The van der Waals surface area contributed by atoms with Gasteiger partial charge in [-0.25, -0.2) is 14.3 Å². The zero-order valence-corrected chi connectivity index (χ0v) is 17.7. The Hall–Kier alpha value is -3.74. The summed E-state index contributed by atoms with van der Waals surface area (Å²) in [5.74, 6) is -1.38. The Balaban J connectivity index is 2.40. The van der Waals surface area contributed by atoms with Crippen LogP contribution in [0.25, 0.3) is 22.4 Å². The zero-order valence-electron chi connectivity index (χ0n) is 17.7. The molecule has 0 saturated heterocycles. The number of ether oxygens (including phenoxy) is 2. The maximum atomic E-state index is 13.4. The van der Waals surface area contributed by atoms with Gasteiger partial charge in [-0.3, -0.25) is 4.79 Å². The molecule has 7 heteroatoms. The molecule has 0 unspecified atom stereocenters. The second kappa shape index (κ2) is 9.84. The molecule has 160 valence electrons. The van der Waals surface area contributed by atoms with E-state index in [1.165, 1.54) is 6.92 Å². The Bertz CT molecular complexity index is 1120. The van der Waals surface area contributed by atoms with Crippen LogP contribution >= 0.6 is 0 Å². The average molecular weight is 420 g/mol. The number of carbonyl (C=O) groups is 2. The monoisotopic (exact) mass is 420 g/mol. The molecule has 0 aliphatic rings. The molecule has 0 amide bonds. The van der Waals surface area contributed by atoms with Crippen LogP contribution in [0.1, 0.15) is 37.2 Å². The first-order chi connectivity index (χ1) is 15.0. The van der Waals surface area contributed by atoms with Crippen LogP contribution < -0.4 is 5.56 Å². The van der Waals surface area contributed by atoms with Crippen molar-refractivity contribution in [1.82, 2.24) is 9.78 Å². The van der Waals surface area contributed by atoms with Crippen LogP contribution in [0.3, 0.4) is 0 Å². The van der Waals surface area contributed by atoms with Crippen molar-refractivity contribution in [2.45, 2.75) is 26.8 Å². The van der Waals surface area contributed by atoms with Gasteiger partial charge in [0.05, 0.1) is 18.9 Å². The molecule has 0 spiro atoms. The number of rotatable bonds is 7. The minimum absolute atomic E-state index is 0.100. The van der Waals surface area contributed by atoms with Crippen molar-refractivity contribution in [3.05, 3.63) is 76.6 Å². The summed E-state index contributed by atoms with van der Waals surface area (Å²) in [6, 6.07) is 17.2. The summed E-state index contributed by atoms with van der Waals surface area (Å²) in [4.78, 5) is 38.7. The van der Waals surface area contributed by atoms with Crippen LogP contribution in [0, 0.1) is 0 Å². The molecule has 7 nitrogen and oxygen atoms in total. The van der Waals surface area contributed by atoms with E-state index < -0.39 is 23.5 Å². The normalized spacial score (nSPS) is 11.6. The highest BCUT2D eigenvalue weighted by molar-refractivity contribution is 6.01. The number of benzene rings is 2. The first-order valence-electron chi connectivity index (χ1n) is 10.1. The average Bonchev–Trinajstić information content (AvgIpc) is 2.79. The van der Waals surface area contributed by atoms with Crippen LogP contribution in [0.5, 0.6) is 0 Å². The van der Waals surface area contributed by atoms with E-state index in [2.05, 4.69) is 5.10 Å². The summed E-state index contributed by atoms with van der Waals surface area (Å²) in [5.41, 5.74) is 1.21. The van der Waals surface area contributed by atoms with Gasteiger partial charge < -0.3 is 9.47 Å². The lowest BCUT2D eigenvalue weighted by Crippen LogP contribution is -2.36. The van der Waals surface area contributed by atoms with Crippen molar-refractivity contribution in [3.8, 4) is 22.4 Å². The largest absolute Gasteiger partial charge is 0.464 e. The van der Waals surface area contributed by atoms with Gasteiger partial charge in [-0.1, -0.05) is 60.7 Å². The Morgan fingerprint density at radius 2 is 1.45 bits per heavy atom. The van der Waals surface area contributed by atoms with Gasteiger partial charge in [0.1, 0.15) is 5.56 Å². The molecule has 2 aromatic carbocycles. The van der Waals surface area contributed by atoms with E-state index in [1.54, 1.807) is 26.0 Å². The standard InChI is InChI=1S/C24H24N2O5/c1-4-30-23(28)16(3)26-22(27)20(24(29)31-5-2)19(17-12-8-6-9-13-17)21(25-26)18-14-10-7-11-15-18/h6-16H,4-5H2,1-3H3/t16-/m1/s1. The van der Waals surface area contributed by atoms with E-state index in [0.717, 1.165) is 4.68 Å². The van der Waals surface area contributed by atoms with E-state index in [4.69, 9.17) is 9.47 Å². The Morgan fingerprint density at radius 1 is 0.903 bits per heavy atom. The number of nitrogens with zero attached hydrogens (tertiary/aromatic N) is 2. The Morgan fingerprint density at radius 3 is 2.00 bits per heavy atom. The predicted octanol–water partition coefficient (Wildman–Crippen LogP) is 3.88. The van der Waals surface area contributed by atoms with Gasteiger partial charge in [0, 0.05) is 11.1 Å². The minimum Gasteiger partial charge on any atom is -0.464 e. The molecule has 0 saturated carbocycles. The highest BCUT2D eigenvalue weighted by Gasteiger charge is 2.29. The molecular formula is C24H24N2O5. The van der Waals surface area contributed by atoms with Gasteiger partial charge in [0.25, 0.3) is 5.56 Å². The maximum absolute atomic E-state index is 13.4. The summed E-state index contributed by atoms with van der Waals surface area (Å²) >= 11 is 0. The molecule has 3 aromatic rings. The smallest absolute Gasteiger partial charge is 0.344 e. The highest BCUT2D eigenvalue weighted by atomic mass is 16.5. The van der Waals surface area contributed by atoms with E-state index in [0.29, 0.717) is 22.4 Å². The number of carbonyl (C=O) groups excluding carboxylic acids is 2. The molecule has 0 bridgehead atoms. The fourth-order valence-electron chi connectivity index (χ4n) is 3.24. The van der Waals surface area contributed by atoms with Gasteiger partial charge >= 0.3 is 11.9 Å². The SMILES string of the molecule is CCOC(=O)c1c(-c2ccccc2)c(-c2ccccc2)nn([C@H](C)C(=O)OCC)c1=O. The zero-order chi connectivity index (χ0) is 22.4. The lowest BCUT2D eigenvalue weighted by molar-refractivity contribution is -0.147. The van der Waals surface area contributed by atoms with Gasteiger partial charge in [0.15, 0.2) is 6.04 Å². The quantitative estimate of drug-likeness (QED) is 0.539. The fourth-order valence-corrected chi connectivity index (χ4v) is 3.24. The van der Waals surface area contributed by atoms with E-state index in [9.17, 15) is 14.4 Å². The summed E-state index contributed by atoms with van der Waals surface area (Å²) < 4.78 is 11.3. The summed E-state index contributed by atoms with van der Waals surface area (Å²) in [5, 5.41) is 4.52. The van der Waals surface area contributed by atoms with E-state index >= 15 is 0 Å². The second-order valence-electron chi connectivity index (χ2n) is 6.73. The fraction of sp³-hybridized carbons (Fsp3) is 0.250. The number of aromatic nitrogens is 2. The number of hydrogen-bond donors (Lipinski definition) is 0. The molecule has 1 aromatic heterocycles. The van der Waals surface area contributed by atoms with Gasteiger partial charge in [-0.2, -0.15) is 5.10 Å². The number of hydrogen-bond acceptors (Lipinski definition) is 6. The van der Waals surface area contributed by atoms with Crippen molar-refractivity contribution >= 4 is 11.9 Å². The summed E-state index contributed by atoms with van der Waals surface area (Å²) in [6.45, 7) is 5.12. The molecule has 0 radical (unpaired) electrons. The van der Waals surface area contributed by atoms with Gasteiger partial charge in [-0.05, 0) is 26.3 Å². The highest BCUT2D eigenvalue weighted by Crippen LogP contribution is 2.32. The Labute approximate surface area is 180 Å². The van der Waals surface area contributed by atoms with Crippen molar-refractivity contribution < 1.29 is 19.1 Å². The van der Waals surface area contributed by atoms with Crippen molar-refractivity contribution in [2.24, 2.45) is 0 Å². The van der Waals surface area contributed by atoms with Crippen LogP contribution in [0.2, 0.25) is 0 Å². The van der Waals surface area contributed by atoms with Crippen molar-refractivity contribution in [2.75, 3.05) is 13.2 Å². The van der Waals surface area contributed by atoms with Gasteiger partial charge in [0.2, 0.25) is 0 Å².